The summed E-state index contributed by atoms with van der Waals surface area (Å²) >= 11 is 6.15. The molecule has 0 radical (unpaired) electrons. The largest absolute Gasteiger partial charge is 0.400 e. The lowest BCUT2D eigenvalue weighted by Gasteiger charge is -2.36. The maximum Gasteiger partial charge on any atom is 0.122 e. The zero-order chi connectivity index (χ0) is 24.5. The maximum absolute atomic E-state index is 10.5. The third-order valence-electron chi connectivity index (χ3n) is 6.42. The van der Waals surface area contributed by atoms with Crippen LogP contribution in [0.3, 0.4) is 0 Å². The van der Waals surface area contributed by atoms with E-state index in [0.717, 1.165) is 56.1 Å². The number of pyridine rings is 1. The van der Waals surface area contributed by atoms with Gasteiger partial charge in [-0.15, -0.1) is 0 Å². The zero-order valence-corrected chi connectivity index (χ0v) is 21.0. The van der Waals surface area contributed by atoms with E-state index in [9.17, 15) is 5.11 Å². The van der Waals surface area contributed by atoms with Crippen molar-refractivity contribution in [3.05, 3.63) is 65.1 Å². The molecule has 0 amide bonds. The van der Waals surface area contributed by atoms with Crippen molar-refractivity contribution in [2.24, 2.45) is 10.9 Å². The molecule has 2 fully saturated rings. The third kappa shape index (κ3) is 6.90. The number of fused-ring (bicyclic) bond motifs is 1. The van der Waals surface area contributed by atoms with Gasteiger partial charge >= 0.3 is 0 Å². The van der Waals surface area contributed by atoms with E-state index < -0.39 is 6.10 Å². The van der Waals surface area contributed by atoms with E-state index in [0.29, 0.717) is 18.5 Å². The summed E-state index contributed by atoms with van der Waals surface area (Å²) in [5.41, 5.74) is 2.04. The Kier molecular flexibility index (Phi) is 10.1. The molecule has 1 aromatic heterocycles. The zero-order valence-electron chi connectivity index (χ0n) is 20.2. The fourth-order valence-corrected chi connectivity index (χ4v) is 4.65. The predicted octanol–water partition coefficient (Wildman–Crippen LogP) is 1.86. The summed E-state index contributed by atoms with van der Waals surface area (Å²) in [6.07, 6.45) is 12.5. The predicted molar refractivity (Wildman–Crippen MR) is 137 cm³/mol. The Balaban J connectivity index is 0.00000158. The average Bonchev–Trinajstić information content (AvgIpc) is 3.30. The minimum absolute atomic E-state index is 0.183. The van der Waals surface area contributed by atoms with Crippen molar-refractivity contribution in [2.45, 2.75) is 31.7 Å². The van der Waals surface area contributed by atoms with Crippen LogP contribution in [0.15, 0.2) is 64.6 Å². The molecule has 3 heterocycles. The molecule has 0 aromatic carbocycles. The molecule has 34 heavy (non-hydrogen) atoms. The number of hydrogen-bond donors (Lipinski definition) is 4. The number of amidine groups is 1. The van der Waals surface area contributed by atoms with Crippen LogP contribution in [0.25, 0.3) is 0 Å². The SMILES string of the molecule is CN=C(/C=C\C(C)C1NC2=CC(Cl)=CCC2N1)N1CCN(CC(O)c2cccnc2)CC1.CO. The highest BCUT2D eigenvalue weighted by Gasteiger charge is 2.31. The Morgan fingerprint density at radius 2 is 2.09 bits per heavy atom. The van der Waals surface area contributed by atoms with Gasteiger partial charge in [0.25, 0.3) is 0 Å². The topological polar surface area (TPSA) is 96.3 Å². The number of aliphatic hydroxyl groups excluding tert-OH is 2. The molecular formula is C25H37ClN6O2. The summed E-state index contributed by atoms with van der Waals surface area (Å²) in [4.78, 5) is 13.2. The molecule has 1 aliphatic carbocycles. The number of allylic oxidation sites excluding steroid dienone is 2. The molecule has 0 bridgehead atoms. The number of halogens is 1. The van der Waals surface area contributed by atoms with Crippen molar-refractivity contribution in [1.29, 1.82) is 0 Å². The molecule has 4 unspecified atom stereocenters. The van der Waals surface area contributed by atoms with E-state index in [1.54, 1.807) is 12.4 Å². The van der Waals surface area contributed by atoms with Crippen LogP contribution in [-0.4, -0.2) is 89.9 Å². The van der Waals surface area contributed by atoms with Crippen LogP contribution in [0.5, 0.6) is 0 Å². The number of aliphatic imine (C=N–C) groups is 1. The standard InChI is InChI=1S/C24H33ClN6O.CH4O/c1-17(24-28-20-7-6-19(25)14-21(20)29-24)5-8-23(26-2)31-12-10-30(11-13-31)16-22(32)18-4-3-9-27-15-18;1-2/h3-6,8-9,14-15,17,20,22,24,28-29,32H,7,10-13,16H2,1-2H3;2H,1H3/b8-5-,26-23?;. The lowest BCUT2D eigenvalue weighted by molar-refractivity contribution is 0.0898. The van der Waals surface area contributed by atoms with Crippen LogP contribution in [0, 0.1) is 5.92 Å². The summed E-state index contributed by atoms with van der Waals surface area (Å²) in [6.45, 7) is 6.41. The van der Waals surface area contributed by atoms with Gasteiger partial charge in [0.15, 0.2) is 0 Å². The van der Waals surface area contributed by atoms with Crippen LogP contribution >= 0.6 is 11.6 Å². The van der Waals surface area contributed by atoms with Crippen LogP contribution in [0.4, 0.5) is 0 Å². The highest BCUT2D eigenvalue weighted by atomic mass is 35.5. The quantitative estimate of drug-likeness (QED) is 0.358. The molecule has 0 spiro atoms. The number of aliphatic hydroxyl groups is 2. The number of hydrogen-bond acceptors (Lipinski definition) is 7. The third-order valence-corrected chi connectivity index (χ3v) is 6.68. The summed E-state index contributed by atoms with van der Waals surface area (Å²) in [5.74, 6) is 1.30. The molecule has 2 aliphatic heterocycles. The fourth-order valence-electron chi connectivity index (χ4n) is 4.44. The second-order valence-electron chi connectivity index (χ2n) is 8.66. The van der Waals surface area contributed by atoms with Crippen molar-refractivity contribution < 1.29 is 10.2 Å². The first-order valence-electron chi connectivity index (χ1n) is 11.8. The van der Waals surface area contributed by atoms with Crippen LogP contribution in [-0.2, 0) is 0 Å². The van der Waals surface area contributed by atoms with Gasteiger partial charge in [0, 0.05) is 81.5 Å². The normalized spacial score (nSPS) is 25.0. The minimum Gasteiger partial charge on any atom is -0.400 e. The number of rotatable bonds is 6. The lowest BCUT2D eigenvalue weighted by atomic mass is 10.1. The smallest absolute Gasteiger partial charge is 0.122 e. The molecule has 4 atom stereocenters. The molecule has 8 nitrogen and oxygen atoms in total. The Morgan fingerprint density at radius 1 is 1.32 bits per heavy atom. The van der Waals surface area contributed by atoms with Gasteiger partial charge in [0.05, 0.1) is 18.3 Å². The molecule has 2 saturated heterocycles. The first kappa shape index (κ1) is 26.4. The van der Waals surface area contributed by atoms with Crippen LogP contribution in [0.1, 0.15) is 25.0 Å². The first-order chi connectivity index (χ1) is 16.5. The lowest BCUT2D eigenvalue weighted by Crippen LogP contribution is -2.49. The van der Waals surface area contributed by atoms with E-state index in [2.05, 4.69) is 55.6 Å². The molecule has 9 heteroatoms. The molecule has 4 rings (SSSR count). The molecule has 0 saturated carbocycles. The molecule has 4 N–H and O–H groups in total. The number of aromatic nitrogens is 1. The van der Waals surface area contributed by atoms with Gasteiger partial charge in [-0.2, -0.15) is 0 Å². The van der Waals surface area contributed by atoms with Gasteiger partial charge in [0.1, 0.15) is 5.84 Å². The van der Waals surface area contributed by atoms with Crippen molar-refractivity contribution >= 4 is 17.4 Å². The molecular weight excluding hydrogens is 452 g/mol. The molecule has 1 aromatic rings. The van der Waals surface area contributed by atoms with Crippen LogP contribution < -0.4 is 10.6 Å². The van der Waals surface area contributed by atoms with Crippen molar-refractivity contribution in [2.75, 3.05) is 46.9 Å². The monoisotopic (exact) mass is 488 g/mol. The van der Waals surface area contributed by atoms with Crippen LogP contribution in [0.2, 0.25) is 0 Å². The first-order valence-corrected chi connectivity index (χ1v) is 12.2. The number of β-amino-alcohol motifs (C(OH)–C–C–N with tert-alkyl or cyclic N) is 1. The number of nitrogens with zero attached hydrogens (tertiary/aromatic N) is 4. The van der Waals surface area contributed by atoms with Gasteiger partial charge in [0.2, 0.25) is 0 Å². The van der Waals surface area contributed by atoms with E-state index in [4.69, 9.17) is 16.7 Å². The van der Waals surface area contributed by atoms with E-state index in [1.807, 2.05) is 25.3 Å². The van der Waals surface area contributed by atoms with Gasteiger partial charge < -0.3 is 20.4 Å². The Hall–Kier alpha value is -2.23. The van der Waals surface area contributed by atoms with Gasteiger partial charge in [-0.25, -0.2) is 0 Å². The van der Waals surface area contributed by atoms with Gasteiger partial charge in [-0.3, -0.25) is 20.2 Å². The number of nitrogens with one attached hydrogen (secondary N) is 2. The number of piperazine rings is 1. The fraction of sp³-hybridized carbons (Fsp3) is 0.520. The van der Waals surface area contributed by atoms with Gasteiger partial charge in [-0.1, -0.05) is 36.7 Å². The maximum atomic E-state index is 10.5. The second-order valence-corrected chi connectivity index (χ2v) is 9.09. The van der Waals surface area contributed by atoms with E-state index in [1.165, 1.54) is 5.70 Å². The van der Waals surface area contributed by atoms with E-state index >= 15 is 0 Å². The Morgan fingerprint density at radius 3 is 2.76 bits per heavy atom. The highest BCUT2D eigenvalue weighted by Crippen LogP contribution is 2.25. The Bertz CT molecular complexity index is 896. The summed E-state index contributed by atoms with van der Waals surface area (Å²) in [5, 5.41) is 25.5. The second kappa shape index (κ2) is 13.0. The Labute approximate surface area is 207 Å². The van der Waals surface area contributed by atoms with E-state index in [-0.39, 0.29) is 6.17 Å². The van der Waals surface area contributed by atoms with Crippen molar-refractivity contribution in [1.82, 2.24) is 25.4 Å². The molecule has 186 valence electrons. The summed E-state index contributed by atoms with van der Waals surface area (Å²) < 4.78 is 0. The summed E-state index contributed by atoms with van der Waals surface area (Å²) in [7, 11) is 2.85. The molecule has 3 aliphatic rings. The summed E-state index contributed by atoms with van der Waals surface area (Å²) in [6, 6.07) is 4.11. The highest BCUT2D eigenvalue weighted by molar-refractivity contribution is 6.31. The average molecular weight is 489 g/mol. The van der Waals surface area contributed by atoms with Gasteiger partial charge in [-0.05, 0) is 24.6 Å². The minimum atomic E-state index is -0.509. The van der Waals surface area contributed by atoms with Crippen molar-refractivity contribution in [3.8, 4) is 0 Å². The van der Waals surface area contributed by atoms with Crippen molar-refractivity contribution in [3.63, 3.8) is 0 Å².